The molecule has 3 aromatic rings. The van der Waals surface area contributed by atoms with Crippen LogP contribution in [0.4, 0.5) is 0 Å². The number of carbonyl (C=O) groups is 2. The highest BCUT2D eigenvalue weighted by Crippen LogP contribution is 2.41. The van der Waals surface area contributed by atoms with Crippen molar-refractivity contribution in [2.24, 2.45) is 5.92 Å². The van der Waals surface area contributed by atoms with Crippen LogP contribution in [0.1, 0.15) is 36.6 Å². The van der Waals surface area contributed by atoms with Gasteiger partial charge in [-0.15, -0.1) is 0 Å². The Balaban J connectivity index is 1.76. The molecule has 3 aromatic carbocycles. The second-order valence-electron chi connectivity index (χ2n) is 9.65. The summed E-state index contributed by atoms with van der Waals surface area (Å²) >= 11 is 0. The Bertz CT molecular complexity index is 1330. The van der Waals surface area contributed by atoms with Crippen LogP contribution in [0.25, 0.3) is 5.76 Å². The number of ketones is 1. The van der Waals surface area contributed by atoms with Gasteiger partial charge in [0.1, 0.15) is 23.0 Å². The molecule has 1 N–H and O–H groups in total. The average molecular weight is 516 g/mol. The van der Waals surface area contributed by atoms with E-state index in [2.05, 4.69) is 13.8 Å². The van der Waals surface area contributed by atoms with Crippen LogP contribution in [0.15, 0.2) is 78.4 Å². The third kappa shape index (κ3) is 5.89. The van der Waals surface area contributed by atoms with Gasteiger partial charge in [0.2, 0.25) is 0 Å². The molecule has 0 bridgehead atoms. The lowest BCUT2D eigenvalue weighted by molar-refractivity contribution is -0.140. The second kappa shape index (κ2) is 12.0. The molecule has 7 nitrogen and oxygen atoms in total. The number of ether oxygens (including phenoxy) is 3. The SMILES string of the molecule is COCCN1C(=O)C(=O)/C(=C(\O)c2ccc(OCC(C)C)cc2C)C1c1cccc(Oc2ccccc2)c1. The predicted octanol–water partition coefficient (Wildman–Crippen LogP) is 5.89. The summed E-state index contributed by atoms with van der Waals surface area (Å²) in [6.07, 6.45) is 0. The number of aliphatic hydroxyl groups excluding tert-OH is 1. The van der Waals surface area contributed by atoms with Crippen molar-refractivity contribution in [1.29, 1.82) is 0 Å². The van der Waals surface area contributed by atoms with E-state index in [1.54, 1.807) is 30.3 Å². The van der Waals surface area contributed by atoms with Crippen LogP contribution in [0.5, 0.6) is 17.2 Å². The lowest BCUT2D eigenvalue weighted by Crippen LogP contribution is -2.32. The first-order valence-corrected chi connectivity index (χ1v) is 12.6. The number of carbonyl (C=O) groups excluding carboxylic acids is 2. The molecule has 1 heterocycles. The van der Waals surface area contributed by atoms with Crippen LogP contribution in [0, 0.1) is 12.8 Å². The van der Waals surface area contributed by atoms with Crippen molar-refractivity contribution in [3.05, 3.63) is 95.1 Å². The summed E-state index contributed by atoms with van der Waals surface area (Å²) in [6.45, 7) is 6.96. The topological polar surface area (TPSA) is 85.3 Å². The highest BCUT2D eigenvalue weighted by atomic mass is 16.5. The molecule has 1 aliphatic heterocycles. The molecular weight excluding hydrogens is 482 g/mol. The van der Waals surface area contributed by atoms with Gasteiger partial charge < -0.3 is 24.2 Å². The van der Waals surface area contributed by atoms with Crippen LogP contribution in [0.3, 0.4) is 0 Å². The molecule has 1 aliphatic rings. The number of aliphatic hydroxyl groups is 1. The van der Waals surface area contributed by atoms with E-state index in [0.29, 0.717) is 40.9 Å². The number of benzene rings is 3. The summed E-state index contributed by atoms with van der Waals surface area (Å²) in [5.74, 6) is 0.608. The summed E-state index contributed by atoms with van der Waals surface area (Å²) in [6, 6.07) is 21.0. The number of likely N-dealkylation sites (tertiary alicyclic amines) is 1. The molecule has 198 valence electrons. The van der Waals surface area contributed by atoms with Gasteiger partial charge in [-0.2, -0.15) is 0 Å². The van der Waals surface area contributed by atoms with Gasteiger partial charge in [0.25, 0.3) is 11.7 Å². The second-order valence-corrected chi connectivity index (χ2v) is 9.65. The van der Waals surface area contributed by atoms with E-state index < -0.39 is 17.7 Å². The number of para-hydroxylation sites is 1. The highest BCUT2D eigenvalue weighted by Gasteiger charge is 2.46. The summed E-state index contributed by atoms with van der Waals surface area (Å²) in [5.41, 5.74) is 1.87. The minimum Gasteiger partial charge on any atom is -0.507 e. The summed E-state index contributed by atoms with van der Waals surface area (Å²) in [7, 11) is 1.53. The molecule has 0 spiro atoms. The summed E-state index contributed by atoms with van der Waals surface area (Å²) in [5, 5.41) is 11.5. The van der Waals surface area contributed by atoms with Gasteiger partial charge in [-0.1, -0.05) is 44.2 Å². The van der Waals surface area contributed by atoms with Crippen molar-refractivity contribution < 1.29 is 28.9 Å². The minimum absolute atomic E-state index is 0.0295. The van der Waals surface area contributed by atoms with E-state index in [-0.39, 0.29) is 24.5 Å². The quantitative estimate of drug-likeness (QED) is 0.206. The van der Waals surface area contributed by atoms with Gasteiger partial charge >= 0.3 is 0 Å². The Kier molecular flexibility index (Phi) is 8.48. The van der Waals surface area contributed by atoms with Gasteiger partial charge in [0.05, 0.1) is 24.8 Å². The third-order valence-corrected chi connectivity index (χ3v) is 6.27. The monoisotopic (exact) mass is 515 g/mol. The molecule has 1 atom stereocenters. The summed E-state index contributed by atoms with van der Waals surface area (Å²) < 4.78 is 17.0. The van der Waals surface area contributed by atoms with Gasteiger partial charge in [-0.3, -0.25) is 9.59 Å². The van der Waals surface area contributed by atoms with Crippen molar-refractivity contribution in [2.45, 2.75) is 26.8 Å². The number of amides is 1. The number of hydrogen-bond acceptors (Lipinski definition) is 6. The lowest BCUT2D eigenvalue weighted by Gasteiger charge is -2.25. The number of methoxy groups -OCH3 is 1. The number of nitrogens with zero attached hydrogens (tertiary/aromatic N) is 1. The molecule has 1 saturated heterocycles. The van der Waals surface area contributed by atoms with Crippen molar-refractivity contribution in [1.82, 2.24) is 4.90 Å². The maximum atomic E-state index is 13.3. The molecule has 0 aliphatic carbocycles. The number of hydrogen-bond donors (Lipinski definition) is 1. The molecule has 1 unspecified atom stereocenters. The van der Waals surface area contributed by atoms with E-state index in [9.17, 15) is 14.7 Å². The fourth-order valence-electron chi connectivity index (χ4n) is 4.42. The maximum Gasteiger partial charge on any atom is 0.295 e. The Morgan fingerprint density at radius 1 is 0.947 bits per heavy atom. The molecule has 1 fully saturated rings. The van der Waals surface area contributed by atoms with E-state index >= 15 is 0 Å². The van der Waals surface area contributed by atoms with Crippen LogP contribution in [-0.4, -0.2) is 48.6 Å². The van der Waals surface area contributed by atoms with Crippen LogP contribution in [-0.2, 0) is 14.3 Å². The van der Waals surface area contributed by atoms with E-state index in [0.717, 1.165) is 5.56 Å². The largest absolute Gasteiger partial charge is 0.507 e. The van der Waals surface area contributed by atoms with Gasteiger partial charge in [-0.25, -0.2) is 0 Å². The van der Waals surface area contributed by atoms with Gasteiger partial charge in [0, 0.05) is 19.2 Å². The maximum absolute atomic E-state index is 13.3. The van der Waals surface area contributed by atoms with Crippen molar-refractivity contribution in [3.63, 3.8) is 0 Å². The number of aryl methyl sites for hydroxylation is 1. The number of Topliss-reactive ketones (excluding diaryl/α,β-unsaturated/α-hetero) is 1. The lowest BCUT2D eigenvalue weighted by atomic mass is 9.93. The molecule has 38 heavy (non-hydrogen) atoms. The predicted molar refractivity (Wildman–Crippen MR) is 145 cm³/mol. The number of rotatable bonds is 10. The van der Waals surface area contributed by atoms with Crippen molar-refractivity contribution in [3.8, 4) is 17.2 Å². The van der Waals surface area contributed by atoms with Crippen molar-refractivity contribution >= 4 is 17.4 Å². The first-order valence-electron chi connectivity index (χ1n) is 12.6. The Hall–Kier alpha value is -4.10. The molecular formula is C31H33NO6. The Morgan fingerprint density at radius 3 is 2.37 bits per heavy atom. The average Bonchev–Trinajstić information content (AvgIpc) is 3.16. The zero-order valence-electron chi connectivity index (χ0n) is 22.1. The van der Waals surface area contributed by atoms with Crippen LogP contribution in [0.2, 0.25) is 0 Å². The molecule has 7 heteroatoms. The van der Waals surface area contributed by atoms with E-state index in [1.165, 1.54) is 12.0 Å². The molecule has 0 radical (unpaired) electrons. The van der Waals surface area contributed by atoms with Crippen LogP contribution >= 0.6 is 0 Å². The Morgan fingerprint density at radius 2 is 1.68 bits per heavy atom. The zero-order valence-corrected chi connectivity index (χ0v) is 22.1. The fraction of sp³-hybridized carbons (Fsp3) is 0.290. The standard InChI is InChI=1S/C31H33NO6/c1-20(2)19-37-24-13-14-26(21(3)17-24)29(33)27-28(32(15-16-36-4)31(35)30(27)34)22-9-8-12-25(18-22)38-23-10-6-5-7-11-23/h5-14,17-18,20,28,33H,15-16,19H2,1-4H3/b29-27-. The minimum atomic E-state index is -0.805. The summed E-state index contributed by atoms with van der Waals surface area (Å²) in [4.78, 5) is 27.9. The fourth-order valence-corrected chi connectivity index (χ4v) is 4.42. The molecule has 0 aromatic heterocycles. The van der Waals surface area contributed by atoms with Crippen molar-refractivity contribution in [2.75, 3.05) is 26.9 Å². The first kappa shape index (κ1) is 26.9. The van der Waals surface area contributed by atoms with Gasteiger partial charge in [0.15, 0.2) is 0 Å². The highest BCUT2D eigenvalue weighted by molar-refractivity contribution is 6.46. The van der Waals surface area contributed by atoms with Gasteiger partial charge in [-0.05, 0) is 66.4 Å². The normalized spacial score (nSPS) is 16.8. The Labute approximate surface area is 223 Å². The third-order valence-electron chi connectivity index (χ3n) is 6.27. The molecule has 1 amide bonds. The smallest absolute Gasteiger partial charge is 0.295 e. The van der Waals surface area contributed by atoms with E-state index in [4.69, 9.17) is 14.2 Å². The van der Waals surface area contributed by atoms with Crippen LogP contribution < -0.4 is 9.47 Å². The first-order chi connectivity index (χ1) is 18.3. The zero-order chi connectivity index (χ0) is 27.2. The van der Waals surface area contributed by atoms with E-state index in [1.807, 2.05) is 49.4 Å². The molecule has 4 rings (SSSR count). The molecule has 0 saturated carbocycles.